The first-order valence-electron chi connectivity index (χ1n) is 7.52. The number of esters is 1. The van der Waals surface area contributed by atoms with E-state index in [0.29, 0.717) is 0 Å². The van der Waals surface area contributed by atoms with Crippen LogP contribution in [-0.2, 0) is 9.47 Å². The van der Waals surface area contributed by atoms with Crippen molar-refractivity contribution in [3.05, 3.63) is 29.6 Å². The summed E-state index contributed by atoms with van der Waals surface area (Å²) in [5.74, 6) is -0.634. The molecule has 0 aliphatic rings. The maximum atomic E-state index is 11.5. The molecule has 3 N–H and O–H groups in total. The number of alkyl carbamates (subject to hydrolysis) is 1. The molecule has 0 radical (unpaired) electrons. The third kappa shape index (κ3) is 6.51. The zero-order valence-electron chi connectivity index (χ0n) is 14.3. The number of methoxy groups -OCH3 is 1. The van der Waals surface area contributed by atoms with Crippen LogP contribution >= 0.6 is 0 Å². The molecule has 0 aromatic carbocycles. The van der Waals surface area contributed by atoms with E-state index in [1.807, 2.05) is 0 Å². The number of hydrogen-bond donors (Lipinski definition) is 3. The molecule has 0 aliphatic heterocycles. The maximum Gasteiger partial charge on any atom is 0.407 e. The summed E-state index contributed by atoms with van der Waals surface area (Å²) < 4.78 is 9.62. The van der Waals surface area contributed by atoms with Gasteiger partial charge in [0.2, 0.25) is 0 Å². The normalized spacial score (nSPS) is 13.8. The Balaban J connectivity index is 2.54. The average molecular weight is 340 g/mol. The number of amides is 1. The van der Waals surface area contributed by atoms with Gasteiger partial charge in [-0.25, -0.2) is 14.6 Å². The third-order valence-corrected chi connectivity index (χ3v) is 2.94. The Morgan fingerprint density at radius 2 is 1.96 bits per heavy atom. The van der Waals surface area contributed by atoms with Gasteiger partial charge in [-0.15, -0.1) is 0 Å². The molecule has 8 nitrogen and oxygen atoms in total. The largest absolute Gasteiger partial charge is 0.464 e. The molecule has 0 saturated carbocycles. The molecule has 0 fully saturated rings. The molecule has 0 bridgehead atoms. The molecule has 0 aliphatic carbocycles. The molecule has 2 atom stereocenters. The van der Waals surface area contributed by atoms with Crippen LogP contribution < -0.4 is 5.32 Å². The summed E-state index contributed by atoms with van der Waals surface area (Å²) in [6.07, 6.45) is -2.98. The molecular weight excluding hydrogens is 316 g/mol. The first-order chi connectivity index (χ1) is 11.1. The summed E-state index contributed by atoms with van der Waals surface area (Å²) in [6.45, 7) is 5.34. The Bertz CT molecular complexity index is 570. The van der Waals surface area contributed by atoms with Crippen LogP contribution in [0.15, 0.2) is 18.2 Å². The van der Waals surface area contributed by atoms with Crippen molar-refractivity contribution >= 4 is 12.1 Å². The van der Waals surface area contributed by atoms with Crippen LogP contribution in [0.25, 0.3) is 0 Å². The van der Waals surface area contributed by atoms with E-state index in [1.54, 1.807) is 20.8 Å². The number of aliphatic hydroxyl groups excluding tert-OH is 2. The molecule has 1 heterocycles. The van der Waals surface area contributed by atoms with E-state index in [-0.39, 0.29) is 24.4 Å². The third-order valence-electron chi connectivity index (χ3n) is 2.94. The van der Waals surface area contributed by atoms with E-state index in [4.69, 9.17) is 4.74 Å². The van der Waals surface area contributed by atoms with Gasteiger partial charge in [-0.1, -0.05) is 6.07 Å². The van der Waals surface area contributed by atoms with E-state index >= 15 is 0 Å². The Kier molecular flexibility index (Phi) is 7.12. The average Bonchev–Trinajstić information content (AvgIpc) is 2.51. The molecule has 24 heavy (non-hydrogen) atoms. The standard InChI is InChI=1S/C16H24N2O6/c1-16(2,3)24-15(22)17-9-8-12(19)13(20)10-6-5-7-11(18-10)14(21)23-4/h5-7,12-13,19-20H,8-9H2,1-4H3,(H,17,22). The molecule has 1 amide bonds. The first-order valence-corrected chi connectivity index (χ1v) is 7.52. The predicted molar refractivity (Wildman–Crippen MR) is 85.4 cm³/mol. The van der Waals surface area contributed by atoms with E-state index in [9.17, 15) is 19.8 Å². The highest BCUT2D eigenvalue weighted by molar-refractivity contribution is 5.87. The van der Waals surface area contributed by atoms with Crippen molar-refractivity contribution in [1.29, 1.82) is 0 Å². The number of aliphatic hydroxyl groups is 2. The summed E-state index contributed by atoms with van der Waals surface area (Å²) in [4.78, 5) is 26.9. The van der Waals surface area contributed by atoms with Crippen LogP contribution in [0.2, 0.25) is 0 Å². The summed E-state index contributed by atoms with van der Waals surface area (Å²) >= 11 is 0. The van der Waals surface area contributed by atoms with Crippen molar-refractivity contribution in [2.45, 2.75) is 45.0 Å². The van der Waals surface area contributed by atoms with Gasteiger partial charge in [0.1, 0.15) is 17.4 Å². The lowest BCUT2D eigenvalue weighted by molar-refractivity contribution is 0.00969. The van der Waals surface area contributed by atoms with Crippen LogP contribution in [0, 0.1) is 0 Å². The van der Waals surface area contributed by atoms with Crippen LogP contribution in [0.4, 0.5) is 4.79 Å². The summed E-state index contributed by atoms with van der Waals surface area (Å²) in [5.41, 5.74) is -0.434. The highest BCUT2D eigenvalue weighted by Crippen LogP contribution is 2.17. The molecular formula is C16H24N2O6. The monoisotopic (exact) mass is 340 g/mol. The fraction of sp³-hybridized carbons (Fsp3) is 0.562. The molecule has 1 aromatic rings. The zero-order valence-corrected chi connectivity index (χ0v) is 14.3. The van der Waals surface area contributed by atoms with Crippen LogP contribution in [0.5, 0.6) is 0 Å². The molecule has 8 heteroatoms. The number of carbonyl (C=O) groups is 2. The van der Waals surface area contributed by atoms with Crippen molar-refractivity contribution in [3.8, 4) is 0 Å². The van der Waals surface area contributed by atoms with Gasteiger partial charge in [-0.05, 0) is 39.3 Å². The number of ether oxygens (including phenoxy) is 2. The molecule has 1 aromatic heterocycles. The van der Waals surface area contributed by atoms with Crippen molar-refractivity contribution < 1.29 is 29.3 Å². The number of aromatic nitrogens is 1. The van der Waals surface area contributed by atoms with Crippen LogP contribution in [0.1, 0.15) is 49.5 Å². The second-order valence-corrected chi connectivity index (χ2v) is 6.17. The summed E-state index contributed by atoms with van der Waals surface area (Å²) in [5, 5.41) is 22.6. The van der Waals surface area contributed by atoms with Gasteiger partial charge < -0.3 is 25.0 Å². The maximum absolute atomic E-state index is 11.5. The van der Waals surface area contributed by atoms with E-state index < -0.39 is 29.9 Å². The van der Waals surface area contributed by atoms with Crippen LogP contribution in [-0.4, -0.2) is 52.6 Å². The fourth-order valence-electron chi connectivity index (χ4n) is 1.83. The number of rotatable bonds is 6. The molecule has 0 saturated heterocycles. The minimum atomic E-state index is -1.30. The Hall–Kier alpha value is -2.19. The van der Waals surface area contributed by atoms with Gasteiger partial charge >= 0.3 is 12.1 Å². The number of carbonyl (C=O) groups excluding carboxylic acids is 2. The van der Waals surface area contributed by atoms with Gasteiger partial charge in [-0.2, -0.15) is 0 Å². The van der Waals surface area contributed by atoms with E-state index in [1.165, 1.54) is 25.3 Å². The Morgan fingerprint density at radius 3 is 2.54 bits per heavy atom. The van der Waals surface area contributed by atoms with Gasteiger partial charge in [0, 0.05) is 6.54 Å². The van der Waals surface area contributed by atoms with Crippen molar-refractivity contribution in [1.82, 2.24) is 10.3 Å². The Morgan fingerprint density at radius 1 is 1.29 bits per heavy atom. The minimum absolute atomic E-state index is 0.0353. The van der Waals surface area contributed by atoms with Crippen molar-refractivity contribution in [2.75, 3.05) is 13.7 Å². The van der Waals surface area contributed by atoms with Crippen molar-refractivity contribution in [2.24, 2.45) is 0 Å². The quantitative estimate of drug-likeness (QED) is 0.665. The van der Waals surface area contributed by atoms with Crippen molar-refractivity contribution in [3.63, 3.8) is 0 Å². The smallest absolute Gasteiger partial charge is 0.407 e. The number of hydrogen-bond acceptors (Lipinski definition) is 7. The Labute approximate surface area is 140 Å². The van der Waals surface area contributed by atoms with Gasteiger partial charge in [-0.3, -0.25) is 0 Å². The second kappa shape index (κ2) is 8.60. The second-order valence-electron chi connectivity index (χ2n) is 6.17. The van der Waals surface area contributed by atoms with E-state index in [2.05, 4.69) is 15.0 Å². The molecule has 2 unspecified atom stereocenters. The van der Waals surface area contributed by atoms with Gasteiger partial charge in [0.25, 0.3) is 0 Å². The zero-order chi connectivity index (χ0) is 18.3. The number of nitrogens with one attached hydrogen (secondary N) is 1. The highest BCUT2D eigenvalue weighted by atomic mass is 16.6. The fourth-order valence-corrected chi connectivity index (χ4v) is 1.83. The molecule has 134 valence electrons. The lowest BCUT2D eigenvalue weighted by Gasteiger charge is -2.21. The lowest BCUT2D eigenvalue weighted by atomic mass is 10.1. The van der Waals surface area contributed by atoms with Crippen LogP contribution in [0.3, 0.4) is 0 Å². The highest BCUT2D eigenvalue weighted by Gasteiger charge is 2.22. The SMILES string of the molecule is COC(=O)c1cccc(C(O)C(O)CCNC(=O)OC(C)(C)C)n1. The van der Waals surface area contributed by atoms with Gasteiger partial charge in [0.15, 0.2) is 0 Å². The molecule has 1 rings (SSSR count). The number of pyridine rings is 1. The summed E-state index contributed by atoms with van der Waals surface area (Å²) in [7, 11) is 1.23. The lowest BCUT2D eigenvalue weighted by Crippen LogP contribution is -2.34. The predicted octanol–water partition coefficient (Wildman–Crippen LogP) is 1.18. The minimum Gasteiger partial charge on any atom is -0.464 e. The topological polar surface area (TPSA) is 118 Å². The first kappa shape index (κ1) is 19.9. The number of nitrogens with zero attached hydrogens (tertiary/aromatic N) is 1. The van der Waals surface area contributed by atoms with Gasteiger partial charge in [0.05, 0.1) is 18.9 Å². The summed E-state index contributed by atoms with van der Waals surface area (Å²) in [6, 6.07) is 4.46. The molecule has 0 spiro atoms. The van der Waals surface area contributed by atoms with E-state index in [0.717, 1.165) is 0 Å².